The van der Waals surface area contributed by atoms with E-state index in [0.29, 0.717) is 16.9 Å². The van der Waals surface area contributed by atoms with Gasteiger partial charge in [-0.3, -0.25) is 0 Å². The third-order valence-corrected chi connectivity index (χ3v) is 2.52. The van der Waals surface area contributed by atoms with E-state index in [1.54, 1.807) is 18.2 Å². The molecule has 3 aromatic rings. The highest BCUT2D eigenvalue weighted by Crippen LogP contribution is 2.17. The number of nitrogens with zero attached hydrogens (tertiary/aromatic N) is 4. The summed E-state index contributed by atoms with van der Waals surface area (Å²) < 4.78 is 15.1. The van der Waals surface area contributed by atoms with E-state index in [1.807, 2.05) is 19.1 Å². The van der Waals surface area contributed by atoms with Gasteiger partial charge in [-0.1, -0.05) is 17.3 Å². The van der Waals surface area contributed by atoms with Gasteiger partial charge in [0, 0.05) is 5.69 Å². The van der Waals surface area contributed by atoms with Crippen molar-refractivity contribution in [1.29, 1.82) is 0 Å². The van der Waals surface area contributed by atoms with Gasteiger partial charge >= 0.3 is 0 Å². The van der Waals surface area contributed by atoms with Crippen LogP contribution in [0.2, 0.25) is 0 Å². The second-order valence-corrected chi connectivity index (χ2v) is 3.75. The number of fused-ring (bicyclic) bond motifs is 1. The molecule has 0 amide bonds. The molecule has 0 aliphatic rings. The number of aryl methyl sites for hydroxylation is 1. The van der Waals surface area contributed by atoms with Crippen LogP contribution in [0, 0.1) is 12.7 Å². The maximum Gasteiger partial charge on any atom is 0.184 e. The van der Waals surface area contributed by atoms with Crippen LogP contribution in [-0.4, -0.2) is 20.0 Å². The van der Waals surface area contributed by atoms with Crippen molar-refractivity contribution >= 4 is 11.2 Å². The molecule has 0 radical (unpaired) electrons. The Morgan fingerprint density at radius 1 is 1.12 bits per heavy atom. The Morgan fingerprint density at radius 3 is 2.76 bits per heavy atom. The molecule has 2 heterocycles. The summed E-state index contributed by atoms with van der Waals surface area (Å²) >= 11 is 0. The molecule has 0 fully saturated rings. The van der Waals surface area contributed by atoms with Crippen LogP contribution in [-0.2, 0) is 0 Å². The minimum atomic E-state index is -0.345. The average molecular weight is 228 g/mol. The summed E-state index contributed by atoms with van der Waals surface area (Å²) in [7, 11) is 0. The lowest BCUT2D eigenvalue weighted by Gasteiger charge is -2.02. The third-order valence-electron chi connectivity index (χ3n) is 2.52. The van der Waals surface area contributed by atoms with Crippen molar-refractivity contribution in [2.45, 2.75) is 6.92 Å². The fourth-order valence-corrected chi connectivity index (χ4v) is 1.69. The number of aromatic nitrogens is 4. The predicted octanol–water partition coefficient (Wildman–Crippen LogP) is 2.26. The highest BCUT2D eigenvalue weighted by atomic mass is 19.1. The van der Waals surface area contributed by atoms with E-state index in [4.69, 9.17) is 0 Å². The Morgan fingerprint density at radius 2 is 1.94 bits per heavy atom. The summed E-state index contributed by atoms with van der Waals surface area (Å²) in [4.78, 5) is 4.32. The molecule has 4 nitrogen and oxygen atoms in total. The van der Waals surface area contributed by atoms with Crippen molar-refractivity contribution in [3.05, 3.63) is 47.9 Å². The van der Waals surface area contributed by atoms with Crippen molar-refractivity contribution in [1.82, 2.24) is 20.0 Å². The first-order chi connectivity index (χ1) is 8.25. The van der Waals surface area contributed by atoms with E-state index in [-0.39, 0.29) is 5.82 Å². The van der Waals surface area contributed by atoms with E-state index in [2.05, 4.69) is 15.3 Å². The third kappa shape index (κ3) is 1.56. The Balaban J connectivity index is 2.31. The first-order valence-electron chi connectivity index (χ1n) is 5.20. The topological polar surface area (TPSA) is 43.6 Å². The maximum absolute atomic E-state index is 13.7. The van der Waals surface area contributed by atoms with E-state index >= 15 is 0 Å². The number of para-hydroxylation sites is 1. The standard InChI is InChI=1S/C12H9FN4/c1-8-6-7-10-12(14-8)17(16-15-10)11-5-3-2-4-9(11)13/h2-7H,1H3. The second-order valence-electron chi connectivity index (χ2n) is 3.75. The lowest BCUT2D eigenvalue weighted by atomic mass is 10.3. The lowest BCUT2D eigenvalue weighted by molar-refractivity contribution is 0.609. The normalized spacial score (nSPS) is 10.9. The van der Waals surface area contributed by atoms with E-state index < -0.39 is 0 Å². The highest BCUT2D eigenvalue weighted by molar-refractivity contribution is 5.71. The molecule has 0 saturated heterocycles. The minimum Gasteiger partial charge on any atom is -0.232 e. The number of hydrogen-bond acceptors (Lipinski definition) is 3. The zero-order valence-corrected chi connectivity index (χ0v) is 9.13. The van der Waals surface area contributed by atoms with Crippen molar-refractivity contribution in [2.24, 2.45) is 0 Å². The van der Waals surface area contributed by atoms with Gasteiger partial charge in [0.1, 0.15) is 17.0 Å². The summed E-state index contributed by atoms with van der Waals surface area (Å²) in [5, 5.41) is 7.89. The number of halogens is 1. The van der Waals surface area contributed by atoms with E-state index in [0.717, 1.165) is 5.69 Å². The van der Waals surface area contributed by atoms with Gasteiger partial charge in [0.25, 0.3) is 0 Å². The summed E-state index contributed by atoms with van der Waals surface area (Å²) in [6.07, 6.45) is 0. The monoisotopic (exact) mass is 228 g/mol. The molecule has 3 rings (SSSR count). The fraction of sp³-hybridized carbons (Fsp3) is 0.0833. The molecule has 0 spiro atoms. The molecule has 0 aliphatic carbocycles. The molecular weight excluding hydrogens is 219 g/mol. The zero-order valence-electron chi connectivity index (χ0n) is 9.13. The molecular formula is C12H9FN4. The Kier molecular flexibility index (Phi) is 2.11. The summed E-state index contributed by atoms with van der Waals surface area (Å²) in [6, 6.07) is 10.1. The number of hydrogen-bond donors (Lipinski definition) is 0. The van der Waals surface area contributed by atoms with E-state index in [1.165, 1.54) is 10.7 Å². The van der Waals surface area contributed by atoms with Gasteiger partial charge < -0.3 is 0 Å². The highest BCUT2D eigenvalue weighted by Gasteiger charge is 2.10. The molecule has 0 N–H and O–H groups in total. The van der Waals surface area contributed by atoms with Crippen molar-refractivity contribution in [2.75, 3.05) is 0 Å². The molecule has 17 heavy (non-hydrogen) atoms. The van der Waals surface area contributed by atoms with Gasteiger partial charge in [-0.05, 0) is 31.2 Å². The van der Waals surface area contributed by atoms with Crippen LogP contribution in [0.1, 0.15) is 5.69 Å². The number of pyridine rings is 1. The van der Waals surface area contributed by atoms with Crippen LogP contribution < -0.4 is 0 Å². The molecule has 84 valence electrons. The average Bonchev–Trinajstić information content (AvgIpc) is 2.72. The lowest BCUT2D eigenvalue weighted by Crippen LogP contribution is -2.01. The van der Waals surface area contributed by atoms with Gasteiger partial charge in [-0.2, -0.15) is 4.68 Å². The Hall–Kier alpha value is -2.30. The summed E-state index contributed by atoms with van der Waals surface area (Å²) in [5.41, 5.74) is 2.42. The fourth-order valence-electron chi connectivity index (χ4n) is 1.69. The predicted molar refractivity (Wildman–Crippen MR) is 61.4 cm³/mol. The SMILES string of the molecule is Cc1ccc2nnn(-c3ccccc3F)c2n1. The first-order valence-corrected chi connectivity index (χ1v) is 5.20. The smallest absolute Gasteiger partial charge is 0.184 e. The van der Waals surface area contributed by atoms with Crippen molar-refractivity contribution < 1.29 is 4.39 Å². The molecule has 0 aliphatic heterocycles. The number of benzene rings is 1. The van der Waals surface area contributed by atoms with Gasteiger partial charge in [-0.15, -0.1) is 5.10 Å². The molecule has 0 unspecified atom stereocenters. The molecule has 1 aromatic carbocycles. The maximum atomic E-state index is 13.7. The second kappa shape index (κ2) is 3.62. The summed E-state index contributed by atoms with van der Waals surface area (Å²) in [5.74, 6) is -0.345. The molecule has 2 aromatic heterocycles. The van der Waals surface area contributed by atoms with Crippen LogP contribution in [0.15, 0.2) is 36.4 Å². The van der Waals surface area contributed by atoms with Gasteiger partial charge in [0.15, 0.2) is 5.65 Å². The molecule has 0 bridgehead atoms. The van der Waals surface area contributed by atoms with Crippen LogP contribution in [0.5, 0.6) is 0 Å². The van der Waals surface area contributed by atoms with Crippen molar-refractivity contribution in [3.63, 3.8) is 0 Å². The largest absolute Gasteiger partial charge is 0.232 e. The van der Waals surface area contributed by atoms with Crippen LogP contribution in [0.3, 0.4) is 0 Å². The Bertz CT molecular complexity index is 690. The minimum absolute atomic E-state index is 0.345. The summed E-state index contributed by atoms with van der Waals surface area (Å²) in [6.45, 7) is 1.87. The van der Waals surface area contributed by atoms with E-state index in [9.17, 15) is 4.39 Å². The Labute approximate surface area is 96.7 Å². The molecule has 0 saturated carbocycles. The van der Waals surface area contributed by atoms with Gasteiger partial charge in [0.05, 0.1) is 0 Å². The molecule has 0 atom stereocenters. The van der Waals surface area contributed by atoms with Crippen LogP contribution in [0.4, 0.5) is 4.39 Å². The molecule has 5 heteroatoms. The van der Waals surface area contributed by atoms with Crippen LogP contribution >= 0.6 is 0 Å². The number of rotatable bonds is 1. The first kappa shape index (κ1) is 9.89. The quantitative estimate of drug-likeness (QED) is 0.641. The van der Waals surface area contributed by atoms with Gasteiger partial charge in [-0.25, -0.2) is 9.37 Å². The zero-order chi connectivity index (χ0) is 11.8. The van der Waals surface area contributed by atoms with Gasteiger partial charge in [0.2, 0.25) is 0 Å². The van der Waals surface area contributed by atoms with Crippen molar-refractivity contribution in [3.8, 4) is 5.69 Å². The van der Waals surface area contributed by atoms with Crippen LogP contribution in [0.25, 0.3) is 16.9 Å².